The number of rotatable bonds is 15. The molecule has 0 spiro atoms. The van der Waals surface area contributed by atoms with Gasteiger partial charge in [-0.2, -0.15) is 0 Å². The third-order valence-corrected chi connectivity index (χ3v) is 8.48. The van der Waals surface area contributed by atoms with E-state index in [1.807, 2.05) is 56.3 Å². The Morgan fingerprint density at radius 3 is 2.21 bits per heavy atom. The monoisotopic (exact) mass is 613 g/mol. The van der Waals surface area contributed by atoms with Crippen molar-refractivity contribution in [3.05, 3.63) is 95.0 Å². The molecule has 2 amide bonds. The van der Waals surface area contributed by atoms with Crippen LogP contribution in [0.15, 0.2) is 78.9 Å². The molecule has 3 aromatic carbocycles. The van der Waals surface area contributed by atoms with Crippen LogP contribution >= 0.6 is 11.6 Å². The maximum absolute atomic E-state index is 13.9. The Kier molecular flexibility index (Phi) is 12.2. The molecule has 42 heavy (non-hydrogen) atoms. The number of nitrogens with one attached hydrogen (secondary N) is 1. The van der Waals surface area contributed by atoms with Crippen LogP contribution in [-0.4, -0.2) is 57.1 Å². The van der Waals surface area contributed by atoms with Gasteiger partial charge in [0, 0.05) is 37.0 Å². The number of hydrogen-bond donors (Lipinski definition) is 1. The Morgan fingerprint density at radius 2 is 1.60 bits per heavy atom. The van der Waals surface area contributed by atoms with Crippen LogP contribution in [0.1, 0.15) is 44.2 Å². The third-order valence-electron chi connectivity index (χ3n) is 7.04. The molecule has 1 N–H and O–H groups in total. The molecule has 0 fully saturated rings. The number of sulfonamides is 1. The summed E-state index contributed by atoms with van der Waals surface area (Å²) in [6.07, 6.45) is 2.49. The summed E-state index contributed by atoms with van der Waals surface area (Å²) in [6, 6.07) is 22.8. The summed E-state index contributed by atoms with van der Waals surface area (Å²) in [6.45, 7) is 4.19. The van der Waals surface area contributed by atoms with Crippen LogP contribution in [0.4, 0.5) is 5.69 Å². The average Bonchev–Trinajstić information content (AvgIpc) is 2.97. The van der Waals surface area contributed by atoms with Gasteiger partial charge in [0.25, 0.3) is 0 Å². The molecule has 0 radical (unpaired) electrons. The Labute approximate surface area is 254 Å². The van der Waals surface area contributed by atoms with E-state index in [0.717, 1.165) is 23.8 Å². The number of methoxy groups -OCH3 is 1. The largest absolute Gasteiger partial charge is 0.495 e. The van der Waals surface area contributed by atoms with Gasteiger partial charge in [-0.25, -0.2) is 8.42 Å². The van der Waals surface area contributed by atoms with E-state index in [1.165, 1.54) is 11.4 Å². The first-order valence-electron chi connectivity index (χ1n) is 14.0. The van der Waals surface area contributed by atoms with Crippen molar-refractivity contribution in [2.45, 2.75) is 58.2 Å². The molecule has 0 heterocycles. The minimum atomic E-state index is -3.66. The number of anilines is 1. The van der Waals surface area contributed by atoms with E-state index in [1.54, 1.807) is 41.3 Å². The summed E-state index contributed by atoms with van der Waals surface area (Å²) in [4.78, 5) is 29.2. The van der Waals surface area contributed by atoms with Crippen molar-refractivity contribution >= 4 is 39.1 Å². The molecule has 3 aromatic rings. The number of carbonyl (C=O) groups excluding carboxylic acids is 2. The molecule has 3 rings (SSSR count). The topological polar surface area (TPSA) is 96.0 Å². The summed E-state index contributed by atoms with van der Waals surface area (Å²) in [7, 11) is -2.18. The van der Waals surface area contributed by atoms with Gasteiger partial charge in [0.15, 0.2) is 0 Å². The van der Waals surface area contributed by atoms with Crippen molar-refractivity contribution in [2.24, 2.45) is 0 Å². The number of ether oxygens (including phenoxy) is 1. The minimum absolute atomic E-state index is 0.0384. The van der Waals surface area contributed by atoms with Gasteiger partial charge in [0.1, 0.15) is 11.8 Å². The van der Waals surface area contributed by atoms with Crippen LogP contribution in [0.3, 0.4) is 0 Å². The molecule has 226 valence electrons. The second-order valence-electron chi connectivity index (χ2n) is 10.3. The van der Waals surface area contributed by atoms with Crippen LogP contribution in [0.25, 0.3) is 0 Å². The molecule has 0 aliphatic heterocycles. The lowest BCUT2D eigenvalue weighted by Gasteiger charge is -2.33. The molecule has 0 aliphatic rings. The number of halogens is 1. The zero-order valence-electron chi connectivity index (χ0n) is 24.6. The van der Waals surface area contributed by atoms with Gasteiger partial charge < -0.3 is 15.0 Å². The molecule has 2 atom stereocenters. The summed E-state index contributed by atoms with van der Waals surface area (Å²) >= 11 is 6.10. The molecule has 0 aliphatic carbocycles. The SMILES string of the molecule is CC[C@@H](C)NC(=O)[C@H](Cc1ccccc1)N(Cc1ccc(Cl)cc1)C(=O)CCCN(c1ccccc1OC)S(C)(=O)=O. The number of benzene rings is 3. The zero-order valence-corrected chi connectivity index (χ0v) is 26.2. The van der Waals surface area contributed by atoms with Crippen LogP contribution in [0, 0.1) is 0 Å². The average molecular weight is 614 g/mol. The first-order chi connectivity index (χ1) is 20.0. The molecule has 0 saturated carbocycles. The minimum Gasteiger partial charge on any atom is -0.495 e. The summed E-state index contributed by atoms with van der Waals surface area (Å²) in [5.41, 5.74) is 2.16. The quantitative estimate of drug-likeness (QED) is 0.246. The zero-order chi connectivity index (χ0) is 30.7. The fourth-order valence-corrected chi connectivity index (χ4v) is 5.69. The first-order valence-corrected chi connectivity index (χ1v) is 16.2. The first kappa shape index (κ1) is 32.9. The summed E-state index contributed by atoms with van der Waals surface area (Å²) in [5.74, 6) is -0.0655. The third kappa shape index (κ3) is 9.49. The Bertz CT molecular complexity index is 1420. The van der Waals surface area contributed by atoms with E-state index in [0.29, 0.717) is 22.9 Å². The normalized spacial score (nSPS) is 12.7. The lowest BCUT2D eigenvalue weighted by Crippen LogP contribution is -2.52. The predicted octanol–water partition coefficient (Wildman–Crippen LogP) is 5.45. The van der Waals surface area contributed by atoms with Gasteiger partial charge >= 0.3 is 0 Å². The number of hydrogen-bond acceptors (Lipinski definition) is 5. The van der Waals surface area contributed by atoms with Gasteiger partial charge in [-0.1, -0.05) is 73.1 Å². The highest BCUT2D eigenvalue weighted by molar-refractivity contribution is 7.92. The van der Waals surface area contributed by atoms with Crippen molar-refractivity contribution in [3.8, 4) is 5.75 Å². The molecule has 10 heteroatoms. The predicted molar refractivity (Wildman–Crippen MR) is 168 cm³/mol. The Balaban J connectivity index is 1.90. The van der Waals surface area contributed by atoms with Crippen LogP contribution in [0.5, 0.6) is 5.75 Å². The van der Waals surface area contributed by atoms with Crippen molar-refractivity contribution in [3.63, 3.8) is 0 Å². The van der Waals surface area contributed by atoms with Gasteiger partial charge in [-0.05, 0) is 55.2 Å². The Morgan fingerprint density at radius 1 is 0.952 bits per heavy atom. The van der Waals surface area contributed by atoms with Gasteiger partial charge in [-0.15, -0.1) is 0 Å². The van der Waals surface area contributed by atoms with Crippen LogP contribution in [-0.2, 0) is 32.6 Å². The van der Waals surface area contributed by atoms with E-state index in [2.05, 4.69) is 5.32 Å². The van der Waals surface area contributed by atoms with Gasteiger partial charge in [-0.3, -0.25) is 13.9 Å². The number of amides is 2. The highest BCUT2D eigenvalue weighted by Gasteiger charge is 2.31. The second kappa shape index (κ2) is 15.6. The Hall–Kier alpha value is -3.56. The van der Waals surface area contributed by atoms with Crippen molar-refractivity contribution < 1.29 is 22.7 Å². The molecule has 0 aromatic heterocycles. The highest BCUT2D eigenvalue weighted by atomic mass is 35.5. The van der Waals surface area contributed by atoms with Gasteiger partial charge in [0.05, 0.1) is 19.1 Å². The lowest BCUT2D eigenvalue weighted by atomic mass is 10.0. The van der Waals surface area contributed by atoms with Crippen molar-refractivity contribution in [2.75, 3.05) is 24.2 Å². The molecule has 0 saturated heterocycles. The van der Waals surface area contributed by atoms with E-state index >= 15 is 0 Å². The van der Waals surface area contributed by atoms with Crippen LogP contribution < -0.4 is 14.4 Å². The van der Waals surface area contributed by atoms with Crippen LogP contribution in [0.2, 0.25) is 5.02 Å². The molecular weight excluding hydrogens is 574 g/mol. The maximum Gasteiger partial charge on any atom is 0.243 e. The smallest absolute Gasteiger partial charge is 0.243 e. The van der Waals surface area contributed by atoms with E-state index in [9.17, 15) is 18.0 Å². The molecule has 0 bridgehead atoms. The van der Waals surface area contributed by atoms with E-state index in [4.69, 9.17) is 16.3 Å². The number of carbonyl (C=O) groups is 2. The van der Waals surface area contributed by atoms with Crippen molar-refractivity contribution in [1.82, 2.24) is 10.2 Å². The fraction of sp³-hybridized carbons (Fsp3) is 0.375. The number of para-hydroxylation sites is 2. The molecular formula is C32H40ClN3O5S. The molecule has 8 nitrogen and oxygen atoms in total. The second-order valence-corrected chi connectivity index (χ2v) is 12.6. The molecule has 0 unspecified atom stereocenters. The van der Waals surface area contributed by atoms with E-state index < -0.39 is 16.1 Å². The lowest BCUT2D eigenvalue weighted by molar-refractivity contribution is -0.141. The van der Waals surface area contributed by atoms with E-state index in [-0.39, 0.29) is 43.8 Å². The maximum atomic E-state index is 13.9. The standard InChI is InChI=1S/C32H40ClN3O5S/c1-5-24(2)34-32(38)29(22-25-12-7-6-8-13-25)35(23-26-17-19-27(33)20-18-26)31(37)16-11-21-36(42(4,39)40)28-14-9-10-15-30(28)41-3/h6-10,12-15,17-20,24,29H,5,11,16,21-23H2,1-4H3,(H,34,38)/t24-,29+/m1/s1. The highest BCUT2D eigenvalue weighted by Crippen LogP contribution is 2.30. The van der Waals surface area contributed by atoms with Gasteiger partial charge in [0.2, 0.25) is 21.8 Å². The summed E-state index contributed by atoms with van der Waals surface area (Å²) in [5, 5.41) is 3.63. The van der Waals surface area contributed by atoms with Crippen molar-refractivity contribution in [1.29, 1.82) is 0 Å². The summed E-state index contributed by atoms with van der Waals surface area (Å²) < 4.78 is 32.1. The number of nitrogens with zero attached hydrogens (tertiary/aromatic N) is 2. The fourth-order valence-electron chi connectivity index (χ4n) is 4.60.